The van der Waals surface area contributed by atoms with Crippen molar-refractivity contribution in [2.24, 2.45) is 0 Å². The van der Waals surface area contributed by atoms with Crippen LogP contribution in [0.25, 0.3) is 5.57 Å². The molecule has 0 aliphatic carbocycles. The Bertz CT molecular complexity index is 418. The van der Waals surface area contributed by atoms with E-state index in [0.717, 1.165) is 43.2 Å². The van der Waals surface area contributed by atoms with Gasteiger partial charge in [-0.25, -0.2) is 4.79 Å². The van der Waals surface area contributed by atoms with Crippen LogP contribution in [0, 0.1) is 0 Å². The number of carboxylic acids is 1. The van der Waals surface area contributed by atoms with E-state index in [4.69, 9.17) is 0 Å². The minimum absolute atomic E-state index is 0.599. The molecule has 0 unspecified atom stereocenters. The van der Waals surface area contributed by atoms with Gasteiger partial charge in [-0.1, -0.05) is 57.0 Å². The second-order valence-corrected chi connectivity index (χ2v) is 4.84. The predicted octanol–water partition coefficient (Wildman–Crippen LogP) is 4.91. The second kappa shape index (κ2) is 8.52. The number of unbranched alkanes of at least 4 members (excludes halogenated alkanes) is 2. The predicted molar refractivity (Wildman–Crippen MR) is 80.0 cm³/mol. The fourth-order valence-corrected chi connectivity index (χ4v) is 2.20. The number of carboxylic acid groups (broad SMARTS) is 1. The van der Waals surface area contributed by atoms with Crippen molar-refractivity contribution in [1.82, 2.24) is 0 Å². The van der Waals surface area contributed by atoms with Crippen molar-refractivity contribution < 1.29 is 9.90 Å². The van der Waals surface area contributed by atoms with Crippen molar-refractivity contribution in [3.8, 4) is 0 Å². The first-order valence-electron chi connectivity index (χ1n) is 7.21. The van der Waals surface area contributed by atoms with Crippen molar-refractivity contribution >= 4 is 11.5 Å². The lowest BCUT2D eigenvalue weighted by Gasteiger charge is -2.13. The number of carbonyl (C=O) groups is 1. The van der Waals surface area contributed by atoms with Gasteiger partial charge in [0.15, 0.2) is 0 Å². The second-order valence-electron chi connectivity index (χ2n) is 4.84. The summed E-state index contributed by atoms with van der Waals surface area (Å²) in [5, 5.41) is 9.47. The Kier molecular flexibility index (Phi) is 6.94. The van der Waals surface area contributed by atoms with Crippen LogP contribution in [0.1, 0.15) is 57.9 Å². The molecule has 0 heterocycles. The Morgan fingerprint density at radius 2 is 1.58 bits per heavy atom. The van der Waals surface area contributed by atoms with Gasteiger partial charge in [0, 0.05) is 5.57 Å². The summed E-state index contributed by atoms with van der Waals surface area (Å²) in [4.78, 5) is 11.5. The van der Waals surface area contributed by atoms with E-state index >= 15 is 0 Å². The van der Waals surface area contributed by atoms with Gasteiger partial charge in [0.2, 0.25) is 0 Å². The molecule has 0 radical (unpaired) electrons. The summed E-state index contributed by atoms with van der Waals surface area (Å²) in [6, 6.07) is 9.94. The maximum absolute atomic E-state index is 11.5. The highest BCUT2D eigenvalue weighted by Gasteiger charge is 2.15. The smallest absolute Gasteiger partial charge is 0.331 e. The van der Waals surface area contributed by atoms with E-state index < -0.39 is 5.97 Å². The third-order valence-corrected chi connectivity index (χ3v) is 3.31. The fourth-order valence-electron chi connectivity index (χ4n) is 2.20. The van der Waals surface area contributed by atoms with Gasteiger partial charge in [0.05, 0.1) is 0 Å². The van der Waals surface area contributed by atoms with E-state index in [1.54, 1.807) is 0 Å². The zero-order chi connectivity index (χ0) is 14.1. The van der Waals surface area contributed by atoms with Crippen LogP contribution in [-0.4, -0.2) is 11.1 Å². The SMILES string of the molecule is CCCCC(C(=O)O)=C(CCCC)c1ccccc1. The van der Waals surface area contributed by atoms with Crippen LogP contribution in [0.4, 0.5) is 0 Å². The van der Waals surface area contributed by atoms with Crippen LogP contribution >= 0.6 is 0 Å². The van der Waals surface area contributed by atoms with Crippen molar-refractivity contribution in [2.45, 2.75) is 52.4 Å². The Morgan fingerprint density at radius 1 is 1.00 bits per heavy atom. The number of allylic oxidation sites excluding steroid dienone is 1. The van der Waals surface area contributed by atoms with E-state index in [1.807, 2.05) is 30.3 Å². The molecular weight excluding hydrogens is 236 g/mol. The number of rotatable bonds is 8. The van der Waals surface area contributed by atoms with Gasteiger partial charge in [0.25, 0.3) is 0 Å². The van der Waals surface area contributed by atoms with Crippen molar-refractivity contribution in [2.75, 3.05) is 0 Å². The Morgan fingerprint density at radius 3 is 2.11 bits per heavy atom. The summed E-state index contributed by atoms with van der Waals surface area (Å²) in [7, 11) is 0. The third-order valence-electron chi connectivity index (χ3n) is 3.31. The molecule has 0 fully saturated rings. The molecule has 0 saturated carbocycles. The maximum Gasteiger partial charge on any atom is 0.331 e. The summed E-state index contributed by atoms with van der Waals surface area (Å²) < 4.78 is 0. The van der Waals surface area contributed by atoms with Gasteiger partial charge >= 0.3 is 5.97 Å². The Balaban J connectivity index is 3.13. The molecule has 0 atom stereocenters. The molecule has 0 amide bonds. The average molecular weight is 260 g/mol. The highest BCUT2D eigenvalue weighted by Crippen LogP contribution is 2.27. The van der Waals surface area contributed by atoms with Crippen molar-refractivity contribution in [3.63, 3.8) is 0 Å². The maximum atomic E-state index is 11.5. The molecule has 2 nitrogen and oxygen atoms in total. The lowest BCUT2D eigenvalue weighted by molar-refractivity contribution is -0.132. The molecule has 0 aromatic heterocycles. The number of benzene rings is 1. The first-order chi connectivity index (χ1) is 9.20. The Hall–Kier alpha value is -1.57. The first kappa shape index (κ1) is 15.5. The third kappa shape index (κ3) is 4.90. The topological polar surface area (TPSA) is 37.3 Å². The number of hydrogen-bond donors (Lipinski definition) is 1. The lowest BCUT2D eigenvalue weighted by atomic mass is 9.92. The molecule has 0 aliphatic heterocycles. The van der Waals surface area contributed by atoms with Crippen molar-refractivity contribution in [3.05, 3.63) is 41.5 Å². The van der Waals surface area contributed by atoms with Crippen LogP contribution in [0.5, 0.6) is 0 Å². The molecule has 0 saturated heterocycles. The summed E-state index contributed by atoms with van der Waals surface area (Å²) in [5.74, 6) is -0.761. The van der Waals surface area contributed by atoms with E-state index in [2.05, 4.69) is 13.8 Å². The minimum Gasteiger partial charge on any atom is -0.478 e. The van der Waals surface area contributed by atoms with Crippen LogP contribution in [-0.2, 0) is 4.79 Å². The highest BCUT2D eigenvalue weighted by molar-refractivity contribution is 5.96. The van der Waals surface area contributed by atoms with Gasteiger partial charge in [0.1, 0.15) is 0 Å². The molecule has 2 heteroatoms. The molecule has 1 N–H and O–H groups in total. The molecule has 104 valence electrons. The zero-order valence-electron chi connectivity index (χ0n) is 12.0. The average Bonchev–Trinajstić information content (AvgIpc) is 2.43. The molecule has 19 heavy (non-hydrogen) atoms. The molecule has 1 aromatic rings. The fraction of sp³-hybridized carbons (Fsp3) is 0.471. The standard InChI is InChI=1S/C17H24O2/c1-3-5-12-15(14-10-8-7-9-11-14)16(17(18)19)13-6-4-2/h7-11H,3-6,12-13H2,1-2H3,(H,18,19). The van der Waals surface area contributed by atoms with E-state index in [-0.39, 0.29) is 0 Å². The van der Waals surface area contributed by atoms with Crippen molar-refractivity contribution in [1.29, 1.82) is 0 Å². The van der Waals surface area contributed by atoms with Gasteiger partial charge in [-0.3, -0.25) is 0 Å². The monoisotopic (exact) mass is 260 g/mol. The van der Waals surface area contributed by atoms with Gasteiger partial charge < -0.3 is 5.11 Å². The Labute approximate surface area is 116 Å². The molecule has 1 rings (SSSR count). The quantitative estimate of drug-likeness (QED) is 0.675. The van der Waals surface area contributed by atoms with Crippen LogP contribution < -0.4 is 0 Å². The largest absolute Gasteiger partial charge is 0.478 e. The summed E-state index contributed by atoms with van der Waals surface area (Å²) in [5.41, 5.74) is 2.68. The van der Waals surface area contributed by atoms with Gasteiger partial charge in [-0.15, -0.1) is 0 Å². The van der Waals surface area contributed by atoms with Crippen LogP contribution in [0.2, 0.25) is 0 Å². The number of aliphatic carboxylic acids is 1. The van der Waals surface area contributed by atoms with Crippen LogP contribution in [0.15, 0.2) is 35.9 Å². The molecule has 0 aliphatic rings. The minimum atomic E-state index is -0.761. The van der Waals surface area contributed by atoms with Gasteiger partial charge in [-0.2, -0.15) is 0 Å². The van der Waals surface area contributed by atoms with E-state index in [0.29, 0.717) is 12.0 Å². The zero-order valence-corrected chi connectivity index (χ0v) is 12.0. The first-order valence-corrected chi connectivity index (χ1v) is 7.21. The summed E-state index contributed by atoms with van der Waals surface area (Å²) in [6.45, 7) is 4.23. The molecule has 1 aromatic carbocycles. The molecule has 0 bridgehead atoms. The van der Waals surface area contributed by atoms with Crippen LogP contribution in [0.3, 0.4) is 0 Å². The van der Waals surface area contributed by atoms with E-state index in [1.165, 1.54) is 0 Å². The summed E-state index contributed by atoms with van der Waals surface area (Å²) >= 11 is 0. The molecular formula is C17H24O2. The normalized spacial score (nSPS) is 12.1. The summed E-state index contributed by atoms with van der Waals surface area (Å²) in [6.07, 6.45) is 5.59. The van der Waals surface area contributed by atoms with E-state index in [9.17, 15) is 9.90 Å². The highest BCUT2D eigenvalue weighted by atomic mass is 16.4. The number of hydrogen-bond acceptors (Lipinski definition) is 1. The van der Waals surface area contributed by atoms with Gasteiger partial charge in [-0.05, 0) is 36.8 Å². The molecule has 0 spiro atoms. The lowest BCUT2D eigenvalue weighted by Crippen LogP contribution is -2.05.